The fourth-order valence-corrected chi connectivity index (χ4v) is 4.72. The predicted octanol–water partition coefficient (Wildman–Crippen LogP) is 2.91. The standard InChI is InChI=1S/C19H24N2O3S/c22-17(13-6-7-13)15-16(14-5-4-12-25-14)21(19(24)18(15)23)11-10-20-8-2-1-3-9-20/h4-5,12-13,16,23H,1-3,6-11H2. The van der Waals surface area contributed by atoms with Gasteiger partial charge >= 0.3 is 0 Å². The van der Waals surface area contributed by atoms with E-state index in [1.54, 1.807) is 4.90 Å². The number of nitrogens with zero attached hydrogens (tertiary/aromatic N) is 2. The van der Waals surface area contributed by atoms with Gasteiger partial charge in [-0.05, 0) is 50.2 Å². The molecule has 1 aromatic rings. The number of Topliss-reactive ketones (excluding diaryl/α,β-unsaturated/α-hetero) is 1. The number of thiophene rings is 1. The van der Waals surface area contributed by atoms with Crippen molar-refractivity contribution in [1.82, 2.24) is 9.80 Å². The number of hydrogen-bond donors (Lipinski definition) is 1. The second-order valence-electron chi connectivity index (χ2n) is 7.22. The first-order valence-electron chi connectivity index (χ1n) is 9.21. The maximum absolute atomic E-state index is 12.7. The van der Waals surface area contributed by atoms with Crippen LogP contribution in [0.4, 0.5) is 0 Å². The van der Waals surface area contributed by atoms with Crippen LogP contribution < -0.4 is 0 Å². The molecule has 1 N–H and O–H groups in total. The maximum atomic E-state index is 12.7. The van der Waals surface area contributed by atoms with Crippen molar-refractivity contribution in [2.24, 2.45) is 5.92 Å². The number of hydrogen-bond acceptors (Lipinski definition) is 5. The van der Waals surface area contributed by atoms with Crippen LogP contribution in [-0.4, -0.2) is 52.8 Å². The van der Waals surface area contributed by atoms with Crippen molar-refractivity contribution >= 4 is 23.0 Å². The highest BCUT2D eigenvalue weighted by Crippen LogP contribution is 2.44. The smallest absolute Gasteiger partial charge is 0.290 e. The summed E-state index contributed by atoms with van der Waals surface area (Å²) in [6.07, 6.45) is 5.43. The maximum Gasteiger partial charge on any atom is 0.290 e. The molecular formula is C19H24N2O3S. The summed E-state index contributed by atoms with van der Waals surface area (Å²) in [4.78, 5) is 30.4. The van der Waals surface area contributed by atoms with Gasteiger partial charge in [0, 0.05) is 23.9 Å². The summed E-state index contributed by atoms with van der Waals surface area (Å²) in [5.74, 6) is -0.757. The molecule has 2 aliphatic heterocycles. The lowest BCUT2D eigenvalue weighted by molar-refractivity contribution is -0.129. The van der Waals surface area contributed by atoms with Gasteiger partial charge in [0.15, 0.2) is 11.5 Å². The number of piperidine rings is 1. The highest BCUT2D eigenvalue weighted by molar-refractivity contribution is 7.10. The predicted molar refractivity (Wildman–Crippen MR) is 96.4 cm³/mol. The molecule has 2 fully saturated rings. The topological polar surface area (TPSA) is 60.9 Å². The third-order valence-electron chi connectivity index (χ3n) is 5.44. The minimum Gasteiger partial charge on any atom is -0.503 e. The summed E-state index contributed by atoms with van der Waals surface area (Å²) in [7, 11) is 0. The average Bonchev–Trinajstić information content (AvgIpc) is 3.29. The number of ketones is 1. The summed E-state index contributed by atoms with van der Waals surface area (Å²) >= 11 is 1.54. The van der Waals surface area contributed by atoms with Crippen molar-refractivity contribution < 1.29 is 14.7 Å². The summed E-state index contributed by atoms with van der Waals surface area (Å²) in [5, 5.41) is 12.4. The van der Waals surface area contributed by atoms with Gasteiger partial charge in [0.1, 0.15) is 0 Å². The Morgan fingerprint density at radius 1 is 1.20 bits per heavy atom. The Labute approximate surface area is 151 Å². The molecule has 1 unspecified atom stereocenters. The number of amides is 1. The molecule has 1 saturated carbocycles. The summed E-state index contributed by atoms with van der Waals surface area (Å²) < 4.78 is 0. The third-order valence-corrected chi connectivity index (χ3v) is 6.36. The van der Waals surface area contributed by atoms with Crippen LogP contribution in [0.5, 0.6) is 0 Å². The second kappa shape index (κ2) is 6.92. The number of aliphatic hydroxyl groups excluding tert-OH is 1. The van der Waals surface area contributed by atoms with E-state index in [-0.39, 0.29) is 23.4 Å². The van der Waals surface area contributed by atoms with Gasteiger partial charge in [-0.15, -0.1) is 11.3 Å². The molecule has 1 saturated heterocycles. The monoisotopic (exact) mass is 360 g/mol. The van der Waals surface area contributed by atoms with E-state index < -0.39 is 6.04 Å². The van der Waals surface area contributed by atoms with E-state index in [0.29, 0.717) is 12.1 Å². The molecule has 1 aromatic heterocycles. The SMILES string of the molecule is O=C(C1=C(O)C(=O)N(CCN2CCCCC2)C1c1cccs1)C1CC1. The van der Waals surface area contributed by atoms with Gasteiger partial charge in [-0.1, -0.05) is 12.5 Å². The average molecular weight is 360 g/mol. The van der Waals surface area contributed by atoms with E-state index in [9.17, 15) is 14.7 Å². The molecule has 25 heavy (non-hydrogen) atoms. The van der Waals surface area contributed by atoms with Gasteiger partial charge in [0.2, 0.25) is 0 Å². The van der Waals surface area contributed by atoms with E-state index in [1.807, 2.05) is 17.5 Å². The first-order chi connectivity index (χ1) is 12.2. The Morgan fingerprint density at radius 2 is 1.96 bits per heavy atom. The third kappa shape index (κ3) is 3.25. The van der Waals surface area contributed by atoms with Crippen LogP contribution in [-0.2, 0) is 9.59 Å². The molecule has 1 amide bonds. The zero-order valence-electron chi connectivity index (χ0n) is 14.3. The zero-order valence-corrected chi connectivity index (χ0v) is 15.1. The molecule has 0 spiro atoms. The molecule has 1 aliphatic carbocycles. The number of likely N-dealkylation sites (tertiary alicyclic amines) is 1. The molecule has 0 aromatic carbocycles. The van der Waals surface area contributed by atoms with Crippen LogP contribution in [0.15, 0.2) is 28.8 Å². The van der Waals surface area contributed by atoms with Crippen LogP contribution in [0.2, 0.25) is 0 Å². The lowest BCUT2D eigenvalue weighted by Gasteiger charge is -2.31. The van der Waals surface area contributed by atoms with Gasteiger partial charge < -0.3 is 14.9 Å². The van der Waals surface area contributed by atoms with Crippen molar-refractivity contribution in [1.29, 1.82) is 0 Å². The second-order valence-corrected chi connectivity index (χ2v) is 8.20. The first-order valence-corrected chi connectivity index (χ1v) is 10.1. The van der Waals surface area contributed by atoms with E-state index in [1.165, 1.54) is 30.6 Å². The van der Waals surface area contributed by atoms with Crippen LogP contribution in [0.1, 0.15) is 43.0 Å². The Balaban J connectivity index is 1.57. The highest BCUT2D eigenvalue weighted by atomic mass is 32.1. The number of carbonyl (C=O) groups is 2. The van der Waals surface area contributed by atoms with Crippen molar-refractivity contribution in [3.8, 4) is 0 Å². The van der Waals surface area contributed by atoms with Gasteiger partial charge in [-0.2, -0.15) is 0 Å². The van der Waals surface area contributed by atoms with Gasteiger partial charge in [0.25, 0.3) is 5.91 Å². The molecule has 0 radical (unpaired) electrons. The molecule has 5 nitrogen and oxygen atoms in total. The molecule has 6 heteroatoms. The summed E-state index contributed by atoms with van der Waals surface area (Å²) in [6, 6.07) is 3.47. The fraction of sp³-hybridized carbons (Fsp3) is 0.579. The Morgan fingerprint density at radius 3 is 2.60 bits per heavy atom. The Hall–Kier alpha value is -1.66. The lowest BCUT2D eigenvalue weighted by atomic mass is 9.99. The quantitative estimate of drug-likeness (QED) is 0.847. The van der Waals surface area contributed by atoms with E-state index in [2.05, 4.69) is 4.90 Å². The molecule has 3 aliphatic rings. The van der Waals surface area contributed by atoms with E-state index in [0.717, 1.165) is 37.4 Å². The number of carbonyl (C=O) groups excluding carboxylic acids is 2. The normalized spacial score (nSPS) is 25.0. The molecule has 0 bridgehead atoms. The molecular weight excluding hydrogens is 336 g/mol. The zero-order chi connectivity index (χ0) is 17.4. The van der Waals surface area contributed by atoms with Gasteiger partial charge in [0.05, 0.1) is 11.6 Å². The molecule has 1 atom stereocenters. The molecule has 3 heterocycles. The summed E-state index contributed by atoms with van der Waals surface area (Å²) in [6.45, 7) is 3.48. The van der Waals surface area contributed by atoms with Crippen molar-refractivity contribution in [2.75, 3.05) is 26.2 Å². The van der Waals surface area contributed by atoms with Crippen molar-refractivity contribution in [3.63, 3.8) is 0 Å². The highest BCUT2D eigenvalue weighted by Gasteiger charge is 2.47. The first kappa shape index (κ1) is 16.8. The molecule has 4 rings (SSSR count). The lowest BCUT2D eigenvalue weighted by Crippen LogP contribution is -2.40. The Bertz CT molecular complexity index is 688. The van der Waals surface area contributed by atoms with Crippen molar-refractivity contribution in [2.45, 2.75) is 38.1 Å². The van der Waals surface area contributed by atoms with Crippen LogP contribution in [0, 0.1) is 5.92 Å². The van der Waals surface area contributed by atoms with Crippen LogP contribution in [0.3, 0.4) is 0 Å². The van der Waals surface area contributed by atoms with Gasteiger partial charge in [-0.3, -0.25) is 9.59 Å². The van der Waals surface area contributed by atoms with Crippen LogP contribution in [0.25, 0.3) is 0 Å². The fourth-order valence-electron chi connectivity index (χ4n) is 3.88. The summed E-state index contributed by atoms with van der Waals surface area (Å²) in [5.41, 5.74) is 0.327. The largest absolute Gasteiger partial charge is 0.503 e. The van der Waals surface area contributed by atoms with E-state index >= 15 is 0 Å². The number of rotatable bonds is 6. The minimum absolute atomic E-state index is 0.00513. The molecule has 134 valence electrons. The minimum atomic E-state index is -0.412. The van der Waals surface area contributed by atoms with Gasteiger partial charge in [-0.25, -0.2) is 0 Å². The van der Waals surface area contributed by atoms with Crippen LogP contribution >= 0.6 is 11.3 Å². The number of aliphatic hydroxyl groups is 1. The van der Waals surface area contributed by atoms with E-state index in [4.69, 9.17) is 0 Å². The van der Waals surface area contributed by atoms with Crippen molar-refractivity contribution in [3.05, 3.63) is 33.7 Å². The Kier molecular flexibility index (Phi) is 4.65.